The van der Waals surface area contributed by atoms with E-state index in [1.54, 1.807) is 0 Å². The molecule has 0 radical (unpaired) electrons. The lowest BCUT2D eigenvalue weighted by atomic mass is 9.81. The van der Waals surface area contributed by atoms with Crippen molar-refractivity contribution in [2.75, 3.05) is 5.75 Å². The molecule has 2 unspecified atom stereocenters. The summed E-state index contributed by atoms with van der Waals surface area (Å²) in [5, 5.41) is 0. The Morgan fingerprint density at radius 3 is 2.62 bits per heavy atom. The van der Waals surface area contributed by atoms with Crippen LogP contribution in [0.4, 0.5) is 0 Å². The van der Waals surface area contributed by atoms with E-state index in [1.165, 1.54) is 0 Å². The highest BCUT2D eigenvalue weighted by molar-refractivity contribution is 7.85. The van der Waals surface area contributed by atoms with Crippen LogP contribution in [0.3, 0.4) is 0 Å². The third-order valence-electron chi connectivity index (χ3n) is 2.57. The molecule has 0 aromatic heterocycles. The molecule has 1 rings (SSSR count). The van der Waals surface area contributed by atoms with Crippen LogP contribution in [0, 0.1) is 11.8 Å². The summed E-state index contributed by atoms with van der Waals surface area (Å²) >= 11 is 0. The molecule has 0 saturated heterocycles. The zero-order valence-electron chi connectivity index (χ0n) is 7.56. The van der Waals surface area contributed by atoms with Gasteiger partial charge in [-0.25, -0.2) is 0 Å². The molecule has 0 aromatic rings. The highest BCUT2D eigenvalue weighted by atomic mass is 32.2. The second-order valence-corrected chi connectivity index (χ2v) is 5.19. The number of carbonyl (C=O) groups is 1. The van der Waals surface area contributed by atoms with Gasteiger partial charge in [0.1, 0.15) is 5.78 Å². The lowest BCUT2D eigenvalue weighted by Crippen LogP contribution is -2.32. The molecule has 13 heavy (non-hydrogen) atoms. The van der Waals surface area contributed by atoms with Crippen molar-refractivity contribution in [1.82, 2.24) is 0 Å². The van der Waals surface area contributed by atoms with E-state index in [1.807, 2.05) is 6.92 Å². The smallest absolute Gasteiger partial charge is 0.265 e. The van der Waals surface area contributed by atoms with Gasteiger partial charge < -0.3 is 0 Å². The minimum absolute atomic E-state index is 0.0311. The normalized spacial score (nSPS) is 30.5. The quantitative estimate of drug-likeness (QED) is 0.681. The minimum atomic E-state index is -4.01. The molecule has 4 nitrogen and oxygen atoms in total. The van der Waals surface area contributed by atoms with E-state index in [2.05, 4.69) is 0 Å². The molecule has 1 saturated carbocycles. The molecule has 5 heteroatoms. The Morgan fingerprint density at radius 1 is 1.54 bits per heavy atom. The van der Waals surface area contributed by atoms with E-state index in [4.69, 9.17) is 4.55 Å². The predicted molar refractivity (Wildman–Crippen MR) is 47.9 cm³/mol. The van der Waals surface area contributed by atoms with Crippen molar-refractivity contribution < 1.29 is 17.8 Å². The maximum atomic E-state index is 11.3. The molecule has 1 N–H and O–H groups in total. The Kier molecular flexibility index (Phi) is 3.08. The van der Waals surface area contributed by atoms with Gasteiger partial charge in [-0.15, -0.1) is 0 Å². The van der Waals surface area contributed by atoms with E-state index in [9.17, 15) is 13.2 Å². The van der Waals surface area contributed by atoms with Crippen molar-refractivity contribution in [2.45, 2.75) is 26.2 Å². The number of carbonyl (C=O) groups excluding carboxylic acids is 1. The number of rotatable bonds is 2. The zero-order chi connectivity index (χ0) is 10.1. The Hall–Kier alpha value is -0.420. The third-order valence-corrected chi connectivity index (χ3v) is 3.35. The van der Waals surface area contributed by atoms with Gasteiger partial charge in [0.25, 0.3) is 10.1 Å². The van der Waals surface area contributed by atoms with E-state index in [-0.39, 0.29) is 11.7 Å². The fourth-order valence-corrected chi connectivity index (χ4v) is 2.75. The number of Topliss-reactive ketones (excluding diaryl/α,β-unsaturated/α-hetero) is 1. The summed E-state index contributed by atoms with van der Waals surface area (Å²) in [5.74, 6) is -0.865. The van der Waals surface area contributed by atoms with E-state index in [0.717, 1.165) is 12.8 Å². The summed E-state index contributed by atoms with van der Waals surface area (Å²) in [5.41, 5.74) is 0. The van der Waals surface area contributed by atoms with Crippen LogP contribution in [0.2, 0.25) is 0 Å². The van der Waals surface area contributed by atoms with Crippen LogP contribution in [0.5, 0.6) is 0 Å². The summed E-state index contributed by atoms with van der Waals surface area (Å²) < 4.78 is 29.8. The molecule has 0 spiro atoms. The molecule has 76 valence electrons. The second kappa shape index (κ2) is 3.75. The van der Waals surface area contributed by atoms with Crippen molar-refractivity contribution >= 4 is 15.9 Å². The lowest BCUT2D eigenvalue weighted by molar-refractivity contribution is -0.125. The topological polar surface area (TPSA) is 71.4 Å². The average molecular weight is 206 g/mol. The molecule has 1 fully saturated rings. The first-order valence-corrected chi connectivity index (χ1v) is 5.99. The van der Waals surface area contributed by atoms with Gasteiger partial charge >= 0.3 is 0 Å². The molecular weight excluding hydrogens is 192 g/mol. The second-order valence-electron chi connectivity index (χ2n) is 3.69. The minimum Gasteiger partial charge on any atom is -0.299 e. The molecule has 0 aliphatic heterocycles. The SMILES string of the molecule is CC1CCCC(=O)C1CS(=O)(=O)O. The summed E-state index contributed by atoms with van der Waals surface area (Å²) in [7, 11) is -4.01. The molecule has 1 aliphatic rings. The Labute approximate surface area is 78.1 Å². The van der Waals surface area contributed by atoms with E-state index >= 15 is 0 Å². The highest BCUT2D eigenvalue weighted by Gasteiger charge is 2.31. The summed E-state index contributed by atoms with van der Waals surface area (Å²) in [6.45, 7) is 1.85. The number of hydrogen-bond donors (Lipinski definition) is 1. The van der Waals surface area contributed by atoms with Crippen LogP contribution in [-0.4, -0.2) is 24.5 Å². The van der Waals surface area contributed by atoms with Gasteiger partial charge in [-0.2, -0.15) is 8.42 Å². The lowest BCUT2D eigenvalue weighted by Gasteiger charge is -2.26. The standard InChI is InChI=1S/C8H14O4S/c1-6-3-2-4-8(9)7(6)5-13(10,11)12/h6-7H,2-5H2,1H3,(H,10,11,12). The Balaban J connectivity index is 2.70. The molecule has 0 amide bonds. The first kappa shape index (κ1) is 10.7. The fraction of sp³-hybridized carbons (Fsp3) is 0.875. The van der Waals surface area contributed by atoms with Gasteiger partial charge in [0.05, 0.1) is 5.75 Å². The van der Waals surface area contributed by atoms with Crippen molar-refractivity contribution in [3.63, 3.8) is 0 Å². The van der Waals surface area contributed by atoms with Crippen LogP contribution >= 0.6 is 0 Å². The third kappa shape index (κ3) is 3.08. The van der Waals surface area contributed by atoms with Gasteiger partial charge in [0.2, 0.25) is 0 Å². The summed E-state index contributed by atoms with van der Waals surface area (Å²) in [6.07, 6.45) is 2.15. The van der Waals surface area contributed by atoms with Gasteiger partial charge in [-0.05, 0) is 18.8 Å². The molecule has 2 atom stereocenters. The van der Waals surface area contributed by atoms with Crippen molar-refractivity contribution in [3.05, 3.63) is 0 Å². The molecular formula is C8H14O4S. The zero-order valence-corrected chi connectivity index (χ0v) is 8.38. The van der Waals surface area contributed by atoms with Crippen molar-refractivity contribution in [2.24, 2.45) is 11.8 Å². The predicted octanol–water partition coefficient (Wildman–Crippen LogP) is 0.879. The first-order valence-electron chi connectivity index (χ1n) is 4.38. The Bertz CT molecular complexity index is 293. The maximum Gasteiger partial charge on any atom is 0.265 e. The van der Waals surface area contributed by atoms with Gasteiger partial charge in [-0.3, -0.25) is 9.35 Å². The molecule has 0 heterocycles. The van der Waals surface area contributed by atoms with Crippen LogP contribution in [0.1, 0.15) is 26.2 Å². The monoisotopic (exact) mass is 206 g/mol. The van der Waals surface area contributed by atoms with Crippen LogP contribution in [-0.2, 0) is 14.9 Å². The molecule has 1 aliphatic carbocycles. The van der Waals surface area contributed by atoms with Crippen molar-refractivity contribution in [1.29, 1.82) is 0 Å². The van der Waals surface area contributed by atoms with Crippen LogP contribution in [0.25, 0.3) is 0 Å². The summed E-state index contributed by atoms with van der Waals surface area (Å²) in [6, 6.07) is 0. The van der Waals surface area contributed by atoms with Gasteiger partial charge in [-0.1, -0.05) is 6.92 Å². The van der Waals surface area contributed by atoms with Crippen LogP contribution in [0.15, 0.2) is 0 Å². The van der Waals surface area contributed by atoms with Crippen molar-refractivity contribution in [3.8, 4) is 0 Å². The maximum absolute atomic E-state index is 11.3. The van der Waals surface area contributed by atoms with Gasteiger partial charge in [0.15, 0.2) is 0 Å². The average Bonchev–Trinajstić information content (AvgIpc) is 1.95. The van der Waals surface area contributed by atoms with E-state index in [0.29, 0.717) is 6.42 Å². The molecule has 0 bridgehead atoms. The van der Waals surface area contributed by atoms with Gasteiger partial charge in [0, 0.05) is 12.3 Å². The number of hydrogen-bond acceptors (Lipinski definition) is 3. The van der Waals surface area contributed by atoms with Crippen LogP contribution < -0.4 is 0 Å². The first-order chi connectivity index (χ1) is 5.90. The number of ketones is 1. The fourth-order valence-electron chi connectivity index (χ4n) is 1.79. The Morgan fingerprint density at radius 2 is 2.15 bits per heavy atom. The van der Waals surface area contributed by atoms with E-state index < -0.39 is 21.8 Å². The summed E-state index contributed by atoms with van der Waals surface area (Å²) in [4.78, 5) is 11.3. The highest BCUT2D eigenvalue weighted by Crippen LogP contribution is 2.27. The largest absolute Gasteiger partial charge is 0.299 e. The molecule has 0 aromatic carbocycles.